The molecule has 3 nitrogen and oxygen atoms in total. The van der Waals surface area contributed by atoms with Crippen molar-refractivity contribution in [1.82, 2.24) is 4.98 Å². The van der Waals surface area contributed by atoms with Crippen molar-refractivity contribution >= 4 is 44.6 Å². The van der Waals surface area contributed by atoms with E-state index in [4.69, 9.17) is 22.3 Å². The number of pyridine rings is 1. The number of rotatable bonds is 4. The lowest BCUT2D eigenvalue weighted by Gasteiger charge is -2.04. The monoisotopic (exact) mass is 406 g/mol. The fourth-order valence-corrected chi connectivity index (χ4v) is 4.32. The normalized spacial score (nSPS) is 11.1. The number of Topliss-reactive ketones (excluding diaryl/α,β-unsaturated/α-hetero) is 1. The van der Waals surface area contributed by atoms with Crippen molar-refractivity contribution in [2.75, 3.05) is 5.73 Å². The number of benzene rings is 2. The quantitative estimate of drug-likeness (QED) is 0.408. The standard InChI is InChI=1S/C23H19ClN2OS/c1-13-3-4-15(11-14(13)2)12-20(27)22-21(25)18-9-10-19(26-23(18)28-22)16-5-7-17(24)8-6-16/h3-11H,12,25H2,1-2H3. The molecule has 0 spiro atoms. The van der Waals surface area contributed by atoms with E-state index in [2.05, 4.69) is 19.9 Å². The van der Waals surface area contributed by atoms with E-state index in [0.717, 1.165) is 27.0 Å². The van der Waals surface area contributed by atoms with Crippen LogP contribution in [0.2, 0.25) is 5.02 Å². The van der Waals surface area contributed by atoms with Crippen LogP contribution in [0.5, 0.6) is 0 Å². The van der Waals surface area contributed by atoms with E-state index in [1.54, 1.807) is 0 Å². The maximum Gasteiger partial charge on any atom is 0.179 e. The van der Waals surface area contributed by atoms with Crippen molar-refractivity contribution in [3.8, 4) is 11.3 Å². The number of fused-ring (bicyclic) bond motifs is 1. The number of nitrogens with zero attached hydrogens (tertiary/aromatic N) is 1. The first-order chi connectivity index (χ1) is 13.4. The van der Waals surface area contributed by atoms with E-state index in [1.165, 1.54) is 22.5 Å². The number of nitrogens with two attached hydrogens (primary N) is 1. The molecule has 0 bridgehead atoms. The van der Waals surface area contributed by atoms with Gasteiger partial charge in [0.2, 0.25) is 0 Å². The number of thiophene rings is 1. The SMILES string of the molecule is Cc1ccc(CC(=O)c2sc3nc(-c4ccc(Cl)cc4)ccc3c2N)cc1C. The van der Waals surface area contributed by atoms with Crippen LogP contribution in [0.25, 0.3) is 21.5 Å². The van der Waals surface area contributed by atoms with E-state index in [1.807, 2.05) is 48.5 Å². The van der Waals surface area contributed by atoms with E-state index in [-0.39, 0.29) is 5.78 Å². The minimum atomic E-state index is 0.0248. The van der Waals surface area contributed by atoms with Gasteiger partial charge in [0, 0.05) is 22.4 Å². The summed E-state index contributed by atoms with van der Waals surface area (Å²) in [7, 11) is 0. The summed E-state index contributed by atoms with van der Waals surface area (Å²) in [5.41, 5.74) is 12.0. The molecule has 140 valence electrons. The van der Waals surface area contributed by atoms with Gasteiger partial charge in [0.25, 0.3) is 0 Å². The first-order valence-corrected chi connectivity index (χ1v) is 10.2. The summed E-state index contributed by atoms with van der Waals surface area (Å²) in [6, 6.07) is 17.5. The number of nitrogen functional groups attached to an aromatic ring is 1. The molecule has 4 aromatic rings. The molecule has 0 fully saturated rings. The van der Waals surface area contributed by atoms with Crippen molar-refractivity contribution in [3.63, 3.8) is 0 Å². The van der Waals surface area contributed by atoms with Gasteiger partial charge in [0.1, 0.15) is 4.83 Å². The Morgan fingerprint density at radius 2 is 1.79 bits per heavy atom. The number of anilines is 1. The Morgan fingerprint density at radius 1 is 1.04 bits per heavy atom. The zero-order chi connectivity index (χ0) is 19.8. The molecule has 4 rings (SSSR count). The van der Waals surface area contributed by atoms with Gasteiger partial charge < -0.3 is 5.73 Å². The number of hydrogen-bond donors (Lipinski definition) is 1. The van der Waals surface area contributed by atoms with Crippen molar-refractivity contribution < 1.29 is 4.79 Å². The summed E-state index contributed by atoms with van der Waals surface area (Å²) in [4.78, 5) is 18.9. The Kier molecular flexibility index (Phi) is 4.92. The lowest BCUT2D eigenvalue weighted by atomic mass is 10.0. The van der Waals surface area contributed by atoms with Gasteiger partial charge in [-0.2, -0.15) is 0 Å². The number of aromatic nitrogens is 1. The zero-order valence-electron chi connectivity index (χ0n) is 15.6. The third-order valence-corrected chi connectivity index (χ3v) is 6.33. The van der Waals surface area contributed by atoms with Gasteiger partial charge in [-0.3, -0.25) is 4.79 Å². The van der Waals surface area contributed by atoms with Gasteiger partial charge >= 0.3 is 0 Å². The number of carbonyl (C=O) groups is 1. The number of ketones is 1. The van der Waals surface area contributed by atoms with Crippen LogP contribution in [-0.4, -0.2) is 10.8 Å². The highest BCUT2D eigenvalue weighted by atomic mass is 35.5. The lowest BCUT2D eigenvalue weighted by molar-refractivity contribution is 0.0997. The molecule has 0 unspecified atom stereocenters. The van der Waals surface area contributed by atoms with Crippen LogP contribution in [0.1, 0.15) is 26.4 Å². The van der Waals surface area contributed by atoms with E-state index >= 15 is 0 Å². The molecule has 0 saturated heterocycles. The molecular formula is C23H19ClN2OS. The third kappa shape index (κ3) is 3.53. The molecule has 2 aromatic carbocycles. The van der Waals surface area contributed by atoms with Crippen LogP contribution in [0, 0.1) is 13.8 Å². The van der Waals surface area contributed by atoms with Crippen LogP contribution in [0.4, 0.5) is 5.69 Å². The zero-order valence-corrected chi connectivity index (χ0v) is 17.2. The molecule has 0 aliphatic rings. The average molecular weight is 407 g/mol. The molecule has 0 saturated carbocycles. The second-order valence-electron chi connectivity index (χ2n) is 6.92. The van der Waals surface area contributed by atoms with E-state index in [0.29, 0.717) is 22.0 Å². The molecule has 0 radical (unpaired) electrons. The lowest BCUT2D eigenvalue weighted by Crippen LogP contribution is -2.04. The number of halogens is 1. The first kappa shape index (κ1) is 18.7. The minimum absolute atomic E-state index is 0.0248. The van der Waals surface area contributed by atoms with Crippen LogP contribution in [0.15, 0.2) is 54.6 Å². The van der Waals surface area contributed by atoms with E-state index in [9.17, 15) is 4.79 Å². The molecule has 5 heteroatoms. The highest BCUT2D eigenvalue weighted by molar-refractivity contribution is 7.21. The van der Waals surface area contributed by atoms with Gasteiger partial charge in [-0.15, -0.1) is 11.3 Å². The number of carbonyl (C=O) groups excluding carboxylic acids is 1. The second-order valence-corrected chi connectivity index (χ2v) is 8.36. The van der Waals surface area contributed by atoms with Gasteiger partial charge in [-0.1, -0.05) is 41.9 Å². The highest BCUT2D eigenvalue weighted by Crippen LogP contribution is 2.35. The Bertz CT molecular complexity index is 1200. The summed E-state index contributed by atoms with van der Waals surface area (Å²) in [6.07, 6.45) is 0.335. The summed E-state index contributed by atoms with van der Waals surface area (Å²) >= 11 is 7.32. The summed E-state index contributed by atoms with van der Waals surface area (Å²) in [5.74, 6) is 0.0248. The summed E-state index contributed by atoms with van der Waals surface area (Å²) in [5, 5.41) is 1.51. The van der Waals surface area contributed by atoms with Crippen molar-refractivity contribution in [1.29, 1.82) is 0 Å². The molecule has 0 aliphatic carbocycles. The van der Waals surface area contributed by atoms with Crippen molar-refractivity contribution in [2.24, 2.45) is 0 Å². The molecule has 0 atom stereocenters. The fraction of sp³-hybridized carbons (Fsp3) is 0.130. The van der Waals surface area contributed by atoms with Crippen LogP contribution < -0.4 is 5.73 Å². The predicted octanol–water partition coefficient (Wildman–Crippen LogP) is 6.24. The maximum absolute atomic E-state index is 12.9. The average Bonchev–Trinajstić information content (AvgIpc) is 3.01. The Labute approximate surface area is 172 Å². The largest absolute Gasteiger partial charge is 0.397 e. The predicted molar refractivity (Wildman–Crippen MR) is 118 cm³/mol. The summed E-state index contributed by atoms with van der Waals surface area (Å²) in [6.45, 7) is 4.12. The van der Waals surface area contributed by atoms with Crippen molar-refractivity contribution in [2.45, 2.75) is 20.3 Å². The number of hydrogen-bond acceptors (Lipinski definition) is 4. The Hall–Kier alpha value is -2.69. The Balaban J connectivity index is 1.67. The Morgan fingerprint density at radius 3 is 2.50 bits per heavy atom. The van der Waals surface area contributed by atoms with Gasteiger partial charge in [0.05, 0.1) is 16.3 Å². The molecular weight excluding hydrogens is 388 g/mol. The van der Waals surface area contributed by atoms with Gasteiger partial charge in [-0.25, -0.2) is 4.98 Å². The molecule has 2 heterocycles. The van der Waals surface area contributed by atoms with Gasteiger partial charge in [0.15, 0.2) is 5.78 Å². The molecule has 28 heavy (non-hydrogen) atoms. The van der Waals surface area contributed by atoms with Gasteiger partial charge in [-0.05, 0) is 54.8 Å². The molecule has 0 amide bonds. The third-order valence-electron chi connectivity index (χ3n) is 4.92. The van der Waals surface area contributed by atoms with Crippen LogP contribution in [0.3, 0.4) is 0 Å². The molecule has 0 aliphatic heterocycles. The second kappa shape index (κ2) is 7.38. The number of aryl methyl sites for hydroxylation is 2. The van der Waals surface area contributed by atoms with Crippen molar-refractivity contribution in [3.05, 3.63) is 81.2 Å². The molecule has 2 aromatic heterocycles. The van der Waals surface area contributed by atoms with Crippen LogP contribution >= 0.6 is 22.9 Å². The topological polar surface area (TPSA) is 56.0 Å². The summed E-state index contributed by atoms with van der Waals surface area (Å²) < 4.78 is 0. The molecule has 2 N–H and O–H groups in total. The van der Waals surface area contributed by atoms with Crippen LogP contribution in [-0.2, 0) is 6.42 Å². The van der Waals surface area contributed by atoms with E-state index < -0.39 is 0 Å². The highest BCUT2D eigenvalue weighted by Gasteiger charge is 2.18. The maximum atomic E-state index is 12.9. The fourth-order valence-electron chi connectivity index (χ4n) is 3.16. The smallest absolute Gasteiger partial charge is 0.179 e. The minimum Gasteiger partial charge on any atom is -0.397 e. The first-order valence-electron chi connectivity index (χ1n) is 8.96.